The van der Waals surface area contributed by atoms with E-state index in [2.05, 4.69) is 29.3 Å². The molecule has 0 heterocycles. The molecule has 3 N–H and O–H groups in total. The SMILES string of the molecule is C=CCCCCc1cccc(CNC[C@@H](O)[C@H](Cc2cc(F)cc(F)c2)NC(=O)c2cc(C)cc(C(=O)N(CCC)CCC)c2)c1. The van der Waals surface area contributed by atoms with E-state index in [9.17, 15) is 23.5 Å². The molecule has 0 fully saturated rings. The van der Waals surface area contributed by atoms with E-state index >= 15 is 0 Å². The van der Waals surface area contributed by atoms with E-state index in [0.29, 0.717) is 30.8 Å². The Balaban J connectivity index is 1.75. The lowest BCUT2D eigenvalue weighted by atomic mass is 9.99. The average Bonchev–Trinajstić information content (AvgIpc) is 3.01. The molecule has 0 aliphatic carbocycles. The van der Waals surface area contributed by atoms with Gasteiger partial charge >= 0.3 is 0 Å². The number of nitrogens with zero attached hydrogens (tertiary/aromatic N) is 1. The van der Waals surface area contributed by atoms with Crippen molar-refractivity contribution in [1.29, 1.82) is 0 Å². The van der Waals surface area contributed by atoms with Crippen LogP contribution in [0.4, 0.5) is 8.78 Å². The van der Waals surface area contributed by atoms with Gasteiger partial charge in [0.05, 0.1) is 12.1 Å². The molecular formula is C38H49F2N3O3. The number of halogens is 2. The Kier molecular flexibility index (Phi) is 15.1. The van der Waals surface area contributed by atoms with E-state index in [1.165, 1.54) is 17.7 Å². The van der Waals surface area contributed by atoms with Crippen LogP contribution in [-0.2, 0) is 19.4 Å². The normalized spacial score (nSPS) is 12.4. The van der Waals surface area contributed by atoms with Crippen LogP contribution < -0.4 is 10.6 Å². The molecule has 2 amide bonds. The molecule has 0 saturated carbocycles. The third-order valence-electron chi connectivity index (χ3n) is 7.82. The van der Waals surface area contributed by atoms with Gasteiger partial charge in [0.25, 0.3) is 11.8 Å². The second-order valence-corrected chi connectivity index (χ2v) is 12.0. The third-order valence-corrected chi connectivity index (χ3v) is 7.82. The zero-order valence-corrected chi connectivity index (χ0v) is 27.5. The molecule has 3 aromatic rings. The Morgan fingerprint density at radius 1 is 0.913 bits per heavy atom. The molecule has 0 aromatic heterocycles. The lowest BCUT2D eigenvalue weighted by Crippen LogP contribution is -2.48. The number of amides is 2. The highest BCUT2D eigenvalue weighted by Crippen LogP contribution is 2.16. The van der Waals surface area contributed by atoms with Crippen LogP contribution in [0.15, 0.2) is 73.3 Å². The maximum Gasteiger partial charge on any atom is 0.253 e. The van der Waals surface area contributed by atoms with Crippen molar-refractivity contribution in [2.45, 2.75) is 84.4 Å². The average molecular weight is 634 g/mol. The first-order valence-electron chi connectivity index (χ1n) is 16.4. The summed E-state index contributed by atoms with van der Waals surface area (Å²) in [6.07, 6.45) is 6.65. The van der Waals surface area contributed by atoms with Crippen molar-refractivity contribution in [3.8, 4) is 0 Å². The highest BCUT2D eigenvalue weighted by atomic mass is 19.1. The van der Waals surface area contributed by atoms with Crippen LogP contribution in [0, 0.1) is 18.6 Å². The Bertz CT molecular complexity index is 1420. The predicted molar refractivity (Wildman–Crippen MR) is 181 cm³/mol. The fourth-order valence-corrected chi connectivity index (χ4v) is 5.61. The van der Waals surface area contributed by atoms with E-state index in [1.54, 1.807) is 23.1 Å². The van der Waals surface area contributed by atoms with Crippen molar-refractivity contribution in [3.63, 3.8) is 0 Å². The molecule has 8 heteroatoms. The summed E-state index contributed by atoms with van der Waals surface area (Å²) < 4.78 is 28.1. The van der Waals surface area contributed by atoms with E-state index in [-0.39, 0.29) is 24.4 Å². The highest BCUT2D eigenvalue weighted by Gasteiger charge is 2.24. The van der Waals surface area contributed by atoms with Gasteiger partial charge in [-0.05, 0) is 104 Å². The number of aryl methyl sites for hydroxylation is 2. The quantitative estimate of drug-likeness (QED) is 0.0989. The monoisotopic (exact) mass is 633 g/mol. The second kappa shape index (κ2) is 18.9. The maximum absolute atomic E-state index is 14.0. The zero-order valence-electron chi connectivity index (χ0n) is 27.5. The molecule has 0 bridgehead atoms. The summed E-state index contributed by atoms with van der Waals surface area (Å²) in [6.45, 7) is 11.5. The van der Waals surface area contributed by atoms with Crippen molar-refractivity contribution >= 4 is 11.8 Å². The molecule has 3 aromatic carbocycles. The Morgan fingerprint density at radius 2 is 1.59 bits per heavy atom. The summed E-state index contributed by atoms with van der Waals surface area (Å²) in [5, 5.41) is 17.4. The number of allylic oxidation sites excluding steroid dienone is 1. The molecule has 0 aliphatic rings. The van der Waals surface area contributed by atoms with Crippen molar-refractivity contribution in [2.75, 3.05) is 19.6 Å². The first kappa shape index (κ1) is 36.6. The van der Waals surface area contributed by atoms with E-state index in [0.717, 1.165) is 55.7 Å². The van der Waals surface area contributed by atoms with Crippen LogP contribution in [-0.4, -0.2) is 53.6 Å². The van der Waals surface area contributed by atoms with Gasteiger partial charge in [-0.25, -0.2) is 8.78 Å². The molecule has 0 saturated heterocycles. The maximum atomic E-state index is 14.0. The Labute approximate surface area is 272 Å². The fourth-order valence-electron chi connectivity index (χ4n) is 5.61. The Morgan fingerprint density at radius 3 is 2.26 bits per heavy atom. The van der Waals surface area contributed by atoms with Crippen molar-refractivity contribution < 1.29 is 23.5 Å². The van der Waals surface area contributed by atoms with Crippen molar-refractivity contribution in [2.24, 2.45) is 0 Å². The van der Waals surface area contributed by atoms with Gasteiger partial charge in [0.1, 0.15) is 11.6 Å². The van der Waals surface area contributed by atoms with Crippen LogP contribution in [0.25, 0.3) is 0 Å². The van der Waals surface area contributed by atoms with Crippen LogP contribution in [0.5, 0.6) is 0 Å². The number of carbonyl (C=O) groups excluding carboxylic acids is 2. The standard InChI is InChI=1S/C38H49F2N3O3/c1-5-8-9-10-12-28-13-11-14-29(19-28)25-41-26-36(44)35(22-30-20-33(39)24-34(40)21-30)42-37(45)31-17-27(4)18-32(23-31)38(46)43(15-6-2)16-7-3/h5,11,13-14,17-21,23-24,35-36,41,44H,1,6-10,12,15-16,22,25-26H2,2-4H3,(H,42,45)/t35-,36+/m0/s1. The van der Waals surface area contributed by atoms with E-state index in [1.807, 2.05) is 39.0 Å². The number of carbonyl (C=O) groups is 2. The lowest BCUT2D eigenvalue weighted by Gasteiger charge is -2.25. The Hall–Kier alpha value is -3.88. The number of aliphatic hydroxyl groups excluding tert-OH is 1. The van der Waals surface area contributed by atoms with Gasteiger partial charge in [0, 0.05) is 43.4 Å². The van der Waals surface area contributed by atoms with E-state index in [4.69, 9.17) is 0 Å². The molecule has 6 nitrogen and oxygen atoms in total. The van der Waals surface area contributed by atoms with E-state index < -0.39 is 29.7 Å². The molecule has 248 valence electrons. The number of unbranched alkanes of at least 4 members (excludes halogenated alkanes) is 2. The predicted octanol–water partition coefficient (Wildman–Crippen LogP) is 6.93. The smallest absolute Gasteiger partial charge is 0.253 e. The van der Waals surface area contributed by atoms with Gasteiger partial charge < -0.3 is 20.6 Å². The van der Waals surface area contributed by atoms with Crippen LogP contribution in [0.3, 0.4) is 0 Å². The molecule has 3 rings (SSSR count). The molecule has 0 spiro atoms. The van der Waals surface area contributed by atoms with Crippen molar-refractivity contribution in [3.05, 3.63) is 118 Å². The highest BCUT2D eigenvalue weighted by molar-refractivity contribution is 6.00. The van der Waals surface area contributed by atoms with Gasteiger partial charge in [0.15, 0.2) is 0 Å². The minimum absolute atomic E-state index is 0.00183. The first-order chi connectivity index (χ1) is 22.1. The lowest BCUT2D eigenvalue weighted by molar-refractivity contribution is 0.0755. The van der Waals surface area contributed by atoms with Gasteiger partial charge in [-0.2, -0.15) is 0 Å². The molecule has 0 radical (unpaired) electrons. The molecular weight excluding hydrogens is 584 g/mol. The molecule has 0 aliphatic heterocycles. The summed E-state index contributed by atoms with van der Waals surface area (Å²) in [7, 11) is 0. The van der Waals surface area contributed by atoms with Crippen molar-refractivity contribution in [1.82, 2.24) is 15.5 Å². The number of rotatable bonds is 19. The van der Waals surface area contributed by atoms with Gasteiger partial charge in [-0.3, -0.25) is 9.59 Å². The molecule has 2 atom stereocenters. The number of hydrogen-bond donors (Lipinski definition) is 3. The van der Waals surface area contributed by atoms with Gasteiger partial charge in [0.2, 0.25) is 0 Å². The van der Waals surface area contributed by atoms with Gasteiger partial charge in [-0.15, -0.1) is 6.58 Å². The summed E-state index contributed by atoms with van der Waals surface area (Å²) in [4.78, 5) is 28.6. The number of benzene rings is 3. The summed E-state index contributed by atoms with van der Waals surface area (Å²) in [5.41, 5.74) is 4.06. The number of nitrogens with one attached hydrogen (secondary N) is 2. The largest absolute Gasteiger partial charge is 0.390 e. The summed E-state index contributed by atoms with van der Waals surface area (Å²) >= 11 is 0. The zero-order chi connectivity index (χ0) is 33.5. The first-order valence-corrected chi connectivity index (χ1v) is 16.4. The number of hydrogen-bond acceptors (Lipinski definition) is 4. The third kappa shape index (κ3) is 11.8. The fraction of sp³-hybridized carbons (Fsp3) is 0.421. The summed E-state index contributed by atoms with van der Waals surface area (Å²) in [6, 6.07) is 15.6. The second-order valence-electron chi connectivity index (χ2n) is 12.0. The van der Waals surface area contributed by atoms with Gasteiger partial charge in [-0.1, -0.05) is 44.2 Å². The minimum Gasteiger partial charge on any atom is -0.390 e. The summed E-state index contributed by atoms with van der Waals surface area (Å²) in [5.74, 6) is -2.09. The molecule has 0 unspecified atom stereocenters. The number of aliphatic hydroxyl groups is 1. The molecule has 46 heavy (non-hydrogen) atoms. The van der Waals surface area contributed by atoms with Crippen LogP contribution in [0.2, 0.25) is 0 Å². The minimum atomic E-state index is -1.08. The topological polar surface area (TPSA) is 81.7 Å². The van der Waals surface area contributed by atoms with Crippen LogP contribution >= 0.6 is 0 Å². The van der Waals surface area contributed by atoms with Crippen LogP contribution in [0.1, 0.15) is 88.9 Å².